The van der Waals surface area contributed by atoms with Crippen molar-refractivity contribution in [2.45, 2.75) is 34.4 Å². The van der Waals surface area contributed by atoms with Crippen LogP contribution in [0, 0.1) is 25.2 Å². The van der Waals surface area contributed by atoms with Gasteiger partial charge in [0, 0.05) is 22.8 Å². The summed E-state index contributed by atoms with van der Waals surface area (Å²) in [6.07, 6.45) is 0.579. The topological polar surface area (TPSA) is 413 Å². The molecule has 7 aromatic rings. The SMILES string of the molecule is CS(=O)(=O)O.Cc1cc(N=Nc2c(SOOO)cc3cc(S(=O)(=O)O)c(N=Nc4c(C)c(C#N)c5nc6ccccc6n5c4O)cc3c2O)c(OCCCS(=O)(=O)O)cc1N=Nc1nnc(SCCO)s1. The number of fused-ring (bicyclic) bond motifs is 4. The van der Waals surface area contributed by atoms with Crippen LogP contribution in [0.1, 0.15) is 23.1 Å². The van der Waals surface area contributed by atoms with Crippen LogP contribution in [0.25, 0.3) is 27.5 Å². The molecule has 3 aromatic heterocycles. The maximum absolute atomic E-state index is 12.8. The molecule has 4 aromatic carbocycles. The molecule has 0 aliphatic carbocycles. The van der Waals surface area contributed by atoms with Crippen LogP contribution in [-0.4, -0.2) is 110 Å². The van der Waals surface area contributed by atoms with Gasteiger partial charge in [-0.15, -0.1) is 45.2 Å². The van der Waals surface area contributed by atoms with Crippen LogP contribution in [0.3, 0.4) is 0 Å². The van der Waals surface area contributed by atoms with Gasteiger partial charge in [0.1, 0.15) is 39.3 Å². The standard InChI is InChI=1S/C37H31N11O13S5.CH4O3S/c1-18-12-25(28(59-9-5-11-65(53,54)55)16-24(18)40-45-36-46-47-37(63-36)62-10-8-49)41-44-32-29(64-61-60-52)13-20-14-30(66(56,57)58)26(15-21(20)33(32)50)42-43-31-19(2)22(17-38)34-39-23-6-3-4-7-27(23)48(34)35(31)51;1-5(2,3)4/h3-4,6-7,12-16,49-52H,5,8-11H2,1-2H3,(H,53,54,55)(H,56,57,58);1H3,(H,2,3,4). The molecule has 374 valence electrons. The number of nitriles is 1. The molecule has 33 heteroatoms. The van der Waals surface area contributed by atoms with Gasteiger partial charge < -0.3 is 20.1 Å². The van der Waals surface area contributed by atoms with Gasteiger partial charge in [-0.3, -0.25) is 18.1 Å². The highest BCUT2D eigenvalue weighted by molar-refractivity contribution is 8.01. The van der Waals surface area contributed by atoms with Crippen molar-refractivity contribution in [1.29, 1.82) is 5.26 Å². The lowest BCUT2D eigenvalue weighted by Gasteiger charge is -2.13. The fraction of sp³-hybridized carbons (Fsp3) is 0.211. The Morgan fingerprint density at radius 3 is 2.24 bits per heavy atom. The summed E-state index contributed by atoms with van der Waals surface area (Å²) in [7, 11) is -13.1. The highest BCUT2D eigenvalue weighted by atomic mass is 32.2. The number of azo groups is 3. The third kappa shape index (κ3) is 13.7. The second-order valence-electron chi connectivity index (χ2n) is 14.2. The van der Waals surface area contributed by atoms with Crippen molar-refractivity contribution in [1.82, 2.24) is 19.6 Å². The van der Waals surface area contributed by atoms with Gasteiger partial charge in [0.15, 0.2) is 21.4 Å². The number of nitrogens with zero attached hydrogens (tertiary/aromatic N) is 11. The quantitative estimate of drug-likeness (QED) is 0.00804. The second-order valence-corrected chi connectivity index (χ2v) is 21.7. The summed E-state index contributed by atoms with van der Waals surface area (Å²) in [5.74, 6) is -1.37. The summed E-state index contributed by atoms with van der Waals surface area (Å²) >= 11 is 2.73. The average Bonchev–Trinajstić information content (AvgIpc) is 3.92. The Labute approximate surface area is 413 Å². The Morgan fingerprint density at radius 2 is 1.56 bits per heavy atom. The summed E-state index contributed by atoms with van der Waals surface area (Å²) in [6, 6.07) is 14.9. The Balaban J connectivity index is 0.00000157. The van der Waals surface area contributed by atoms with Gasteiger partial charge in [-0.05, 0) is 67.6 Å². The molecular weight excluding hydrogens is 1060 g/mol. The molecule has 0 unspecified atom stereocenters. The van der Waals surface area contributed by atoms with Gasteiger partial charge in [0.25, 0.3) is 35.5 Å². The van der Waals surface area contributed by atoms with E-state index in [2.05, 4.69) is 55.2 Å². The lowest BCUT2D eigenvalue weighted by Crippen LogP contribution is -2.08. The van der Waals surface area contributed by atoms with E-state index in [0.717, 1.165) is 23.5 Å². The molecule has 71 heavy (non-hydrogen) atoms. The van der Waals surface area contributed by atoms with E-state index < -0.39 is 58.3 Å². The molecule has 0 aliphatic rings. The zero-order valence-electron chi connectivity index (χ0n) is 36.4. The number of phenolic OH excluding ortho intramolecular Hbond substituents is 1. The largest absolute Gasteiger partial charge is 0.505 e. The molecule has 27 nitrogen and oxygen atoms in total. The number of aryl methyl sites for hydroxylation is 1. The van der Waals surface area contributed by atoms with E-state index in [0.29, 0.717) is 45.0 Å². The van der Waals surface area contributed by atoms with Gasteiger partial charge in [-0.25, -0.2) is 10.2 Å². The van der Waals surface area contributed by atoms with Crippen molar-refractivity contribution in [2.75, 3.05) is 31.0 Å². The molecule has 0 saturated carbocycles. The summed E-state index contributed by atoms with van der Waals surface area (Å²) in [5, 5.41) is 88.1. The third-order valence-electron chi connectivity index (χ3n) is 9.17. The molecule has 0 radical (unpaired) electrons. The Bertz CT molecular complexity index is 3650. The number of aromatic nitrogens is 4. The predicted molar refractivity (Wildman–Crippen MR) is 255 cm³/mol. The highest BCUT2D eigenvalue weighted by Gasteiger charge is 2.24. The van der Waals surface area contributed by atoms with Crippen molar-refractivity contribution < 1.29 is 73.6 Å². The second kappa shape index (κ2) is 22.8. The highest BCUT2D eigenvalue weighted by Crippen LogP contribution is 2.48. The lowest BCUT2D eigenvalue weighted by atomic mass is 10.1. The fourth-order valence-corrected chi connectivity index (χ4v) is 9.30. The first-order chi connectivity index (χ1) is 33.5. The van der Waals surface area contributed by atoms with Gasteiger partial charge in [-0.1, -0.05) is 40.3 Å². The molecule has 7 N–H and O–H groups in total. The maximum Gasteiger partial charge on any atom is 0.296 e. The molecule has 0 spiro atoms. The van der Waals surface area contributed by atoms with Crippen LogP contribution in [-0.2, 0) is 39.7 Å². The summed E-state index contributed by atoms with van der Waals surface area (Å²) < 4.78 is 106. The first-order valence-electron chi connectivity index (χ1n) is 19.5. The van der Waals surface area contributed by atoms with Crippen LogP contribution in [0.4, 0.5) is 33.6 Å². The number of hydrogen-bond acceptors (Lipinski definition) is 26. The number of aromatic hydroxyl groups is 2. The molecule has 0 saturated heterocycles. The minimum atomic E-state index is -5.07. The third-order valence-corrected chi connectivity index (χ3v) is 13.4. The average molecular weight is 1090 g/mol. The van der Waals surface area contributed by atoms with Crippen molar-refractivity contribution in [2.24, 2.45) is 30.7 Å². The summed E-state index contributed by atoms with van der Waals surface area (Å²) in [4.78, 5) is 3.55. The minimum Gasteiger partial charge on any atom is -0.505 e. The number of para-hydroxylation sites is 2. The number of benzene rings is 4. The van der Waals surface area contributed by atoms with Gasteiger partial charge >= 0.3 is 0 Å². The Kier molecular flexibility index (Phi) is 17.3. The number of pyridine rings is 1. The zero-order chi connectivity index (χ0) is 51.8. The van der Waals surface area contributed by atoms with Crippen LogP contribution in [0.2, 0.25) is 0 Å². The Hall–Kier alpha value is -6.39. The number of aliphatic hydroxyl groups excluding tert-OH is 1. The van der Waals surface area contributed by atoms with Crippen molar-refractivity contribution >= 4 is 127 Å². The first-order valence-corrected chi connectivity index (χ1v) is 26.9. The maximum atomic E-state index is 12.8. The fourth-order valence-electron chi connectivity index (χ4n) is 6.21. The van der Waals surface area contributed by atoms with Gasteiger partial charge in [0.2, 0.25) is 5.88 Å². The summed E-state index contributed by atoms with van der Waals surface area (Å²) in [6.45, 7) is 2.84. The van der Waals surface area contributed by atoms with Crippen LogP contribution < -0.4 is 4.74 Å². The van der Waals surface area contributed by atoms with Gasteiger partial charge in [0.05, 0.1) is 58.9 Å². The smallest absolute Gasteiger partial charge is 0.296 e. The molecule has 7 rings (SSSR count). The van der Waals surface area contributed by atoms with E-state index in [1.165, 1.54) is 41.3 Å². The van der Waals surface area contributed by atoms with E-state index in [1.807, 2.05) is 6.07 Å². The predicted octanol–water partition coefficient (Wildman–Crippen LogP) is 8.56. The molecule has 0 aliphatic heterocycles. The first kappa shape index (κ1) is 54.0. The molecular formula is C38H35N11O16S6. The van der Waals surface area contributed by atoms with E-state index in [4.69, 9.17) is 19.7 Å². The molecule has 0 atom stereocenters. The monoisotopic (exact) mass is 1090 g/mol. The van der Waals surface area contributed by atoms with Gasteiger partial charge in [-0.2, -0.15) is 30.5 Å². The van der Waals surface area contributed by atoms with Crippen molar-refractivity contribution in [3.63, 3.8) is 0 Å². The minimum absolute atomic E-state index is 0.00464. The summed E-state index contributed by atoms with van der Waals surface area (Å²) in [5.41, 5.74) is 0.838. The number of thioether (sulfide) groups is 1. The van der Waals surface area contributed by atoms with Crippen molar-refractivity contribution in [3.05, 3.63) is 71.3 Å². The molecule has 0 amide bonds. The van der Waals surface area contributed by atoms with E-state index >= 15 is 0 Å². The zero-order valence-corrected chi connectivity index (χ0v) is 41.3. The van der Waals surface area contributed by atoms with Crippen LogP contribution >= 0.6 is 35.1 Å². The number of phenols is 1. The van der Waals surface area contributed by atoms with Crippen LogP contribution in [0.15, 0.2) is 99.4 Å². The number of imidazole rings is 1. The normalized spacial score (nSPS) is 12.4. The number of hydrogen-bond donors (Lipinski definition) is 7. The number of rotatable bonds is 18. The lowest BCUT2D eigenvalue weighted by molar-refractivity contribution is -0.432. The van der Waals surface area contributed by atoms with Crippen LogP contribution in [0.5, 0.6) is 17.4 Å². The molecule has 0 bridgehead atoms. The van der Waals surface area contributed by atoms with E-state index in [9.17, 15) is 49.8 Å². The number of ether oxygens (including phenoxy) is 1. The number of aliphatic hydroxyl groups is 1. The van der Waals surface area contributed by atoms with E-state index in [-0.39, 0.29) is 85.7 Å². The molecule has 0 fully saturated rings. The molecule has 3 heterocycles. The van der Waals surface area contributed by atoms with E-state index in [1.54, 1.807) is 31.2 Å². The van der Waals surface area contributed by atoms with Crippen molar-refractivity contribution in [3.8, 4) is 23.4 Å². The Morgan fingerprint density at radius 1 is 0.873 bits per heavy atom.